The number of carbonyl (C=O) groups excluding carboxylic acids is 2. The average Bonchev–Trinajstić information content (AvgIpc) is 3.00. The molecule has 0 bridgehead atoms. The van der Waals surface area contributed by atoms with E-state index in [1.165, 1.54) is 12.8 Å². The Morgan fingerprint density at radius 1 is 1.03 bits per heavy atom. The Morgan fingerprint density at radius 2 is 1.69 bits per heavy atom. The van der Waals surface area contributed by atoms with E-state index in [4.69, 9.17) is 11.6 Å². The lowest BCUT2D eigenvalue weighted by Crippen LogP contribution is -2.54. The number of likely N-dealkylation sites (tertiary alicyclic amines) is 1. The molecule has 1 N–H and O–H groups in total. The zero-order valence-electron chi connectivity index (χ0n) is 17.6. The summed E-state index contributed by atoms with van der Waals surface area (Å²) in [4.78, 5) is 31.7. The molecule has 2 heterocycles. The molecule has 2 amide bonds. The molecule has 160 valence electrons. The van der Waals surface area contributed by atoms with E-state index in [0.717, 1.165) is 63.4 Å². The summed E-state index contributed by atoms with van der Waals surface area (Å²) in [7, 11) is 0. The van der Waals surface area contributed by atoms with Gasteiger partial charge in [-0.25, -0.2) is 0 Å². The van der Waals surface area contributed by atoms with Crippen molar-refractivity contribution in [2.75, 3.05) is 51.1 Å². The van der Waals surface area contributed by atoms with Crippen LogP contribution in [0.15, 0.2) is 18.2 Å². The average molecular weight is 421 g/mol. The summed E-state index contributed by atoms with van der Waals surface area (Å²) in [5, 5.41) is 3.61. The summed E-state index contributed by atoms with van der Waals surface area (Å²) < 4.78 is 0. The largest absolute Gasteiger partial charge is 0.342 e. The van der Waals surface area contributed by atoms with Crippen LogP contribution < -0.4 is 5.32 Å². The summed E-state index contributed by atoms with van der Waals surface area (Å²) >= 11 is 6.05. The predicted octanol–water partition coefficient (Wildman–Crippen LogP) is 3.00. The first kappa shape index (κ1) is 22.1. The maximum absolute atomic E-state index is 12.7. The number of carbonyl (C=O) groups is 2. The number of rotatable bonds is 5. The Bertz CT molecular complexity index is 711. The fraction of sp³-hybridized carbons (Fsp3) is 0.636. The number of halogens is 1. The Hall–Kier alpha value is -1.63. The van der Waals surface area contributed by atoms with Gasteiger partial charge in [0.15, 0.2) is 0 Å². The molecule has 3 rings (SSSR count). The van der Waals surface area contributed by atoms with Crippen LogP contribution in [-0.4, -0.2) is 78.4 Å². The number of anilines is 1. The van der Waals surface area contributed by atoms with Crippen LogP contribution in [0.4, 0.5) is 5.69 Å². The molecule has 29 heavy (non-hydrogen) atoms. The van der Waals surface area contributed by atoms with E-state index < -0.39 is 0 Å². The van der Waals surface area contributed by atoms with Gasteiger partial charge in [-0.15, -0.1) is 0 Å². The first-order valence-electron chi connectivity index (χ1n) is 10.8. The van der Waals surface area contributed by atoms with Crippen LogP contribution in [0, 0.1) is 6.92 Å². The minimum Gasteiger partial charge on any atom is -0.342 e. The topological polar surface area (TPSA) is 55.9 Å². The summed E-state index contributed by atoms with van der Waals surface area (Å²) in [6.07, 6.45) is 4.71. The van der Waals surface area contributed by atoms with Gasteiger partial charge in [-0.2, -0.15) is 0 Å². The van der Waals surface area contributed by atoms with Crippen molar-refractivity contribution in [1.82, 2.24) is 14.7 Å². The summed E-state index contributed by atoms with van der Waals surface area (Å²) in [5.74, 6) is 0.229. The van der Waals surface area contributed by atoms with Gasteiger partial charge in [0, 0.05) is 50.0 Å². The van der Waals surface area contributed by atoms with Gasteiger partial charge in [0.1, 0.15) is 0 Å². The van der Waals surface area contributed by atoms with Gasteiger partial charge in [0.2, 0.25) is 11.8 Å². The summed E-state index contributed by atoms with van der Waals surface area (Å²) in [5.41, 5.74) is 1.75. The zero-order valence-corrected chi connectivity index (χ0v) is 18.4. The van der Waals surface area contributed by atoms with E-state index in [0.29, 0.717) is 11.6 Å². The van der Waals surface area contributed by atoms with Gasteiger partial charge >= 0.3 is 0 Å². The number of hydrogen-bond acceptors (Lipinski definition) is 4. The number of nitrogens with one attached hydrogen (secondary N) is 1. The van der Waals surface area contributed by atoms with Crippen molar-refractivity contribution in [3.05, 3.63) is 28.8 Å². The van der Waals surface area contributed by atoms with Crippen molar-refractivity contribution in [2.45, 2.75) is 45.6 Å². The Kier molecular flexibility index (Phi) is 7.92. The number of benzene rings is 1. The number of aryl methyl sites for hydroxylation is 1. The fourth-order valence-electron chi connectivity index (χ4n) is 4.05. The molecular weight excluding hydrogens is 388 g/mol. The summed E-state index contributed by atoms with van der Waals surface area (Å²) in [6, 6.07) is 5.29. The van der Waals surface area contributed by atoms with Crippen molar-refractivity contribution >= 4 is 29.1 Å². The standard InChI is InChI=1S/C22H33ClN4O2/c1-17-7-8-19(23)15-20(17)24-22(29)18(2)26-13-11-25(12-14-26)16-21(28)27-9-5-3-4-6-10-27/h7-8,15,18H,3-6,9-14,16H2,1-2H3,(H,24,29)/t18-/m0/s1. The molecular formula is C22H33ClN4O2. The van der Waals surface area contributed by atoms with Crippen LogP contribution in [-0.2, 0) is 9.59 Å². The number of nitrogens with zero attached hydrogens (tertiary/aromatic N) is 3. The molecule has 0 aromatic heterocycles. The predicted molar refractivity (Wildman–Crippen MR) is 117 cm³/mol. The molecule has 1 aromatic carbocycles. The van der Waals surface area contributed by atoms with E-state index in [1.807, 2.05) is 30.9 Å². The minimum atomic E-state index is -0.225. The smallest absolute Gasteiger partial charge is 0.241 e. The van der Waals surface area contributed by atoms with E-state index in [2.05, 4.69) is 15.1 Å². The van der Waals surface area contributed by atoms with Crippen LogP contribution in [0.2, 0.25) is 5.02 Å². The highest BCUT2D eigenvalue weighted by molar-refractivity contribution is 6.31. The molecule has 0 saturated carbocycles. The third-order valence-electron chi connectivity index (χ3n) is 6.11. The maximum atomic E-state index is 12.7. The van der Waals surface area contributed by atoms with Crippen LogP contribution >= 0.6 is 11.6 Å². The molecule has 7 heteroatoms. The first-order valence-corrected chi connectivity index (χ1v) is 11.1. The second kappa shape index (κ2) is 10.4. The van der Waals surface area contributed by atoms with Crippen molar-refractivity contribution in [2.24, 2.45) is 0 Å². The second-order valence-electron chi connectivity index (χ2n) is 8.23. The third kappa shape index (κ3) is 6.17. The summed E-state index contributed by atoms with van der Waals surface area (Å²) in [6.45, 7) is 9.39. The van der Waals surface area contributed by atoms with Crippen molar-refractivity contribution in [3.63, 3.8) is 0 Å². The van der Waals surface area contributed by atoms with Gasteiger partial charge in [0.05, 0.1) is 12.6 Å². The van der Waals surface area contributed by atoms with Gasteiger partial charge < -0.3 is 10.2 Å². The van der Waals surface area contributed by atoms with Crippen molar-refractivity contribution in [1.29, 1.82) is 0 Å². The molecule has 1 aromatic rings. The lowest BCUT2D eigenvalue weighted by Gasteiger charge is -2.37. The quantitative estimate of drug-likeness (QED) is 0.795. The van der Waals surface area contributed by atoms with Gasteiger partial charge in [-0.3, -0.25) is 19.4 Å². The Balaban J connectivity index is 1.46. The monoisotopic (exact) mass is 420 g/mol. The van der Waals surface area contributed by atoms with Crippen LogP contribution in [0.5, 0.6) is 0 Å². The lowest BCUT2D eigenvalue weighted by atomic mass is 10.1. The van der Waals surface area contributed by atoms with Crippen molar-refractivity contribution < 1.29 is 9.59 Å². The third-order valence-corrected chi connectivity index (χ3v) is 6.34. The highest BCUT2D eigenvalue weighted by Gasteiger charge is 2.27. The number of amides is 2. The van der Waals surface area contributed by atoms with Crippen LogP contribution in [0.3, 0.4) is 0 Å². The van der Waals surface area contributed by atoms with Gasteiger partial charge in [-0.1, -0.05) is 30.5 Å². The van der Waals surface area contributed by atoms with Crippen molar-refractivity contribution in [3.8, 4) is 0 Å². The molecule has 1 atom stereocenters. The lowest BCUT2D eigenvalue weighted by molar-refractivity contribution is -0.133. The highest BCUT2D eigenvalue weighted by Crippen LogP contribution is 2.21. The first-order chi connectivity index (χ1) is 13.9. The molecule has 0 unspecified atom stereocenters. The molecule has 2 fully saturated rings. The van der Waals surface area contributed by atoms with Crippen LogP contribution in [0.25, 0.3) is 0 Å². The van der Waals surface area contributed by atoms with Gasteiger partial charge in [0.25, 0.3) is 0 Å². The molecule has 0 spiro atoms. The normalized spacial score (nSPS) is 20.2. The molecule has 2 aliphatic heterocycles. The fourth-order valence-corrected chi connectivity index (χ4v) is 4.22. The highest BCUT2D eigenvalue weighted by atomic mass is 35.5. The number of piperazine rings is 1. The van der Waals surface area contributed by atoms with Gasteiger partial charge in [-0.05, 0) is 44.4 Å². The molecule has 0 radical (unpaired) electrons. The minimum absolute atomic E-state index is 0.0236. The Morgan fingerprint density at radius 3 is 2.34 bits per heavy atom. The molecule has 6 nitrogen and oxygen atoms in total. The second-order valence-corrected chi connectivity index (χ2v) is 8.67. The Labute approximate surface area is 179 Å². The number of hydrogen-bond donors (Lipinski definition) is 1. The maximum Gasteiger partial charge on any atom is 0.241 e. The van der Waals surface area contributed by atoms with Crippen LogP contribution in [0.1, 0.15) is 38.2 Å². The molecule has 2 saturated heterocycles. The van der Waals surface area contributed by atoms with E-state index in [9.17, 15) is 9.59 Å². The SMILES string of the molecule is Cc1ccc(Cl)cc1NC(=O)[C@H](C)N1CCN(CC(=O)N2CCCCCC2)CC1. The molecule has 0 aliphatic carbocycles. The zero-order chi connectivity index (χ0) is 20.8. The van der Waals surface area contributed by atoms with E-state index >= 15 is 0 Å². The molecule has 2 aliphatic rings. The van der Waals surface area contributed by atoms with E-state index in [-0.39, 0.29) is 17.9 Å². The van der Waals surface area contributed by atoms with E-state index in [1.54, 1.807) is 6.07 Å².